The van der Waals surface area contributed by atoms with Crippen molar-refractivity contribution in [3.8, 4) is 0 Å². The van der Waals surface area contributed by atoms with E-state index < -0.39 is 0 Å². The van der Waals surface area contributed by atoms with Crippen molar-refractivity contribution in [3.63, 3.8) is 0 Å². The van der Waals surface area contributed by atoms with Crippen LogP contribution in [0.15, 0.2) is 12.2 Å². The van der Waals surface area contributed by atoms with Gasteiger partial charge in [0.15, 0.2) is 0 Å². The first kappa shape index (κ1) is 25.3. The molecule has 0 heterocycles. The zero-order chi connectivity index (χ0) is 23.3. The fraction of sp³-hybridized carbons (Fsp3) is 0.903. The minimum absolute atomic E-state index is 0.0834. The normalized spacial score (nSPS) is 39.5. The molecule has 0 aliphatic heterocycles. The smallest absolute Gasteiger partial charge is 0.306 e. The molecule has 0 aromatic rings. The number of rotatable bonds is 11. The van der Waals surface area contributed by atoms with Crippen molar-refractivity contribution in [1.82, 2.24) is 0 Å². The summed E-state index contributed by atoms with van der Waals surface area (Å²) in [6.45, 7) is 7.36. The van der Waals surface area contributed by atoms with Crippen molar-refractivity contribution in [2.45, 2.75) is 142 Å². The Hall–Kier alpha value is -0.790. The number of allylic oxidation sites excluding steroid dienone is 2. The summed E-state index contributed by atoms with van der Waals surface area (Å²) in [5.41, 5.74) is 0.743. The highest BCUT2D eigenvalue weighted by atomic mass is 16.5. The predicted octanol–water partition coefficient (Wildman–Crippen LogP) is 9.03. The van der Waals surface area contributed by atoms with Gasteiger partial charge in [0.1, 0.15) is 6.10 Å². The van der Waals surface area contributed by atoms with Crippen LogP contribution in [0.5, 0.6) is 0 Å². The van der Waals surface area contributed by atoms with Gasteiger partial charge in [-0.25, -0.2) is 0 Å². The average Bonchev–Trinajstić information content (AvgIpc) is 3.13. The Balaban J connectivity index is 1.22. The molecule has 4 rings (SSSR count). The fourth-order valence-electron chi connectivity index (χ4n) is 8.77. The van der Waals surface area contributed by atoms with E-state index >= 15 is 0 Å². The second-order valence-electron chi connectivity index (χ2n) is 12.7. The second kappa shape index (κ2) is 11.3. The van der Waals surface area contributed by atoms with E-state index in [9.17, 15) is 4.79 Å². The Bertz CT molecular complexity index is 668. The minimum atomic E-state index is 0.0834. The van der Waals surface area contributed by atoms with Crippen LogP contribution >= 0.6 is 0 Å². The molecule has 0 spiro atoms. The summed E-state index contributed by atoms with van der Waals surface area (Å²) in [5.74, 6) is 3.40. The van der Waals surface area contributed by atoms with Gasteiger partial charge < -0.3 is 4.74 Å². The molecule has 4 aliphatic rings. The van der Waals surface area contributed by atoms with Gasteiger partial charge in [0.25, 0.3) is 0 Å². The van der Waals surface area contributed by atoms with E-state index in [2.05, 4.69) is 32.9 Å². The van der Waals surface area contributed by atoms with E-state index in [1.807, 2.05) is 0 Å². The SMILES string of the molecule is CCCCCCCCCCCC(=O)OC1CC[C@H]2[C@@H]3CCC4C=CCC[C@]4(C)[C@H]3CC[C@]12C. The van der Waals surface area contributed by atoms with Crippen molar-refractivity contribution in [3.05, 3.63) is 12.2 Å². The number of ether oxygens (including phenoxy) is 1. The largest absolute Gasteiger partial charge is 0.462 e. The number of fused-ring (bicyclic) bond motifs is 5. The van der Waals surface area contributed by atoms with Crippen molar-refractivity contribution in [1.29, 1.82) is 0 Å². The average molecular weight is 457 g/mol. The van der Waals surface area contributed by atoms with Crippen molar-refractivity contribution in [2.75, 3.05) is 0 Å². The lowest BCUT2D eigenvalue weighted by Gasteiger charge is -2.59. The lowest BCUT2D eigenvalue weighted by Crippen LogP contribution is -2.53. The molecular formula is C31H52O2. The van der Waals surface area contributed by atoms with Crippen LogP contribution in [0.3, 0.4) is 0 Å². The van der Waals surface area contributed by atoms with E-state index in [-0.39, 0.29) is 17.5 Å². The van der Waals surface area contributed by atoms with E-state index in [1.54, 1.807) is 0 Å². The van der Waals surface area contributed by atoms with Gasteiger partial charge >= 0.3 is 5.97 Å². The molecule has 0 aromatic heterocycles. The first-order chi connectivity index (χ1) is 16.0. The second-order valence-corrected chi connectivity index (χ2v) is 12.7. The molecule has 0 bridgehead atoms. The third-order valence-electron chi connectivity index (χ3n) is 10.8. The summed E-state index contributed by atoms with van der Waals surface area (Å²) in [4.78, 5) is 12.7. The summed E-state index contributed by atoms with van der Waals surface area (Å²) >= 11 is 0. The highest BCUT2D eigenvalue weighted by Gasteiger charge is 2.60. The van der Waals surface area contributed by atoms with Gasteiger partial charge in [-0.15, -0.1) is 0 Å². The standard InChI is InChI=1S/C31H52O2/c1-4-5-6-7-8-9-10-11-12-16-29(32)33-28-20-19-26-25-18-17-24-15-13-14-22-30(24,2)27(25)21-23-31(26,28)3/h13,15,24-28H,4-12,14,16-23H2,1-3H3/t24?,25-,26-,27-,28?,30-,31-/m0/s1. The third kappa shape index (κ3) is 5.40. The van der Waals surface area contributed by atoms with Crippen LogP contribution in [0, 0.1) is 34.5 Å². The maximum absolute atomic E-state index is 12.7. The van der Waals surface area contributed by atoms with Gasteiger partial charge in [0.05, 0.1) is 0 Å². The molecular weight excluding hydrogens is 404 g/mol. The van der Waals surface area contributed by atoms with Gasteiger partial charge in [-0.2, -0.15) is 0 Å². The van der Waals surface area contributed by atoms with Crippen LogP contribution in [0.2, 0.25) is 0 Å². The Morgan fingerprint density at radius 2 is 1.52 bits per heavy atom. The Kier molecular flexibility index (Phi) is 8.66. The van der Waals surface area contributed by atoms with Crippen LogP contribution in [-0.4, -0.2) is 12.1 Å². The molecule has 3 fully saturated rings. The van der Waals surface area contributed by atoms with E-state index in [1.165, 1.54) is 96.3 Å². The molecule has 0 amide bonds. The van der Waals surface area contributed by atoms with Crippen molar-refractivity contribution in [2.24, 2.45) is 34.5 Å². The van der Waals surface area contributed by atoms with Gasteiger partial charge in [-0.3, -0.25) is 4.79 Å². The van der Waals surface area contributed by atoms with Crippen LogP contribution < -0.4 is 0 Å². The van der Waals surface area contributed by atoms with Crippen LogP contribution in [0.25, 0.3) is 0 Å². The highest BCUT2D eigenvalue weighted by Crippen LogP contribution is 2.65. The number of carbonyl (C=O) groups is 1. The first-order valence-corrected chi connectivity index (χ1v) is 14.8. The van der Waals surface area contributed by atoms with Gasteiger partial charge in [-0.05, 0) is 86.9 Å². The molecule has 4 aliphatic carbocycles. The molecule has 188 valence electrons. The Morgan fingerprint density at radius 3 is 2.27 bits per heavy atom. The summed E-state index contributed by atoms with van der Waals surface area (Å²) in [6, 6.07) is 0. The minimum Gasteiger partial charge on any atom is -0.462 e. The summed E-state index contributed by atoms with van der Waals surface area (Å²) in [7, 11) is 0. The number of hydrogen-bond donors (Lipinski definition) is 0. The van der Waals surface area contributed by atoms with E-state index in [0.29, 0.717) is 11.8 Å². The summed E-state index contributed by atoms with van der Waals surface area (Å²) in [5, 5.41) is 0. The monoisotopic (exact) mass is 456 g/mol. The summed E-state index contributed by atoms with van der Waals surface area (Å²) in [6.07, 6.45) is 27.9. The third-order valence-corrected chi connectivity index (χ3v) is 10.8. The van der Waals surface area contributed by atoms with Crippen LogP contribution in [0.1, 0.15) is 136 Å². The maximum Gasteiger partial charge on any atom is 0.306 e. The Labute approximate surface area is 204 Å². The molecule has 2 nitrogen and oxygen atoms in total. The Morgan fingerprint density at radius 1 is 0.818 bits per heavy atom. The number of hydrogen-bond acceptors (Lipinski definition) is 2. The molecule has 0 aromatic carbocycles. The molecule has 0 N–H and O–H groups in total. The topological polar surface area (TPSA) is 26.3 Å². The van der Waals surface area contributed by atoms with E-state index in [0.717, 1.165) is 36.5 Å². The summed E-state index contributed by atoms with van der Waals surface area (Å²) < 4.78 is 6.22. The predicted molar refractivity (Wildman–Crippen MR) is 138 cm³/mol. The molecule has 2 unspecified atom stereocenters. The lowest BCUT2D eigenvalue weighted by atomic mass is 9.46. The lowest BCUT2D eigenvalue weighted by molar-refractivity contribution is -0.162. The highest BCUT2D eigenvalue weighted by molar-refractivity contribution is 5.69. The maximum atomic E-state index is 12.7. The molecule has 33 heavy (non-hydrogen) atoms. The van der Waals surface area contributed by atoms with Crippen molar-refractivity contribution >= 4 is 5.97 Å². The van der Waals surface area contributed by atoms with Crippen LogP contribution in [0.4, 0.5) is 0 Å². The number of esters is 1. The van der Waals surface area contributed by atoms with Crippen molar-refractivity contribution < 1.29 is 9.53 Å². The van der Waals surface area contributed by atoms with Gasteiger partial charge in [0.2, 0.25) is 0 Å². The first-order valence-electron chi connectivity index (χ1n) is 14.8. The number of unbranched alkanes of at least 4 members (excludes halogenated alkanes) is 8. The van der Waals surface area contributed by atoms with Crippen LogP contribution in [-0.2, 0) is 9.53 Å². The molecule has 0 radical (unpaired) electrons. The zero-order valence-corrected chi connectivity index (χ0v) is 22.1. The quantitative estimate of drug-likeness (QED) is 0.176. The number of carbonyl (C=O) groups excluding carboxylic acids is 1. The molecule has 7 atom stereocenters. The molecule has 0 saturated heterocycles. The zero-order valence-electron chi connectivity index (χ0n) is 22.1. The van der Waals surface area contributed by atoms with Gasteiger partial charge in [0, 0.05) is 11.8 Å². The van der Waals surface area contributed by atoms with Gasteiger partial charge in [-0.1, -0.05) is 84.3 Å². The molecule has 2 heteroatoms. The molecule has 3 saturated carbocycles. The van der Waals surface area contributed by atoms with E-state index in [4.69, 9.17) is 4.74 Å². The fourth-order valence-corrected chi connectivity index (χ4v) is 8.77.